The molecule has 1 atom stereocenters. The lowest BCUT2D eigenvalue weighted by molar-refractivity contribution is -0.118. The minimum absolute atomic E-state index is 0.00144. The molecule has 2 aliphatic heterocycles. The molecule has 0 saturated heterocycles. The van der Waals surface area contributed by atoms with Crippen LogP contribution in [0.2, 0.25) is 0 Å². The van der Waals surface area contributed by atoms with Gasteiger partial charge in [0, 0.05) is 12.5 Å². The molecule has 1 aromatic rings. The lowest BCUT2D eigenvalue weighted by Crippen LogP contribution is -2.29. The topological polar surface area (TPSA) is 82.1 Å². The Morgan fingerprint density at radius 1 is 1.43 bits per heavy atom. The minimum atomic E-state index is -1.13. The summed E-state index contributed by atoms with van der Waals surface area (Å²) in [5, 5.41) is 9.41. The minimum Gasteiger partial charge on any atom is -0.497 e. The molecular weight excluding hydrogens is 276 g/mol. The molecule has 0 aliphatic carbocycles. The molecule has 0 aromatic heterocycles. The van der Waals surface area contributed by atoms with Gasteiger partial charge in [0.25, 0.3) is 0 Å². The van der Waals surface area contributed by atoms with Gasteiger partial charge in [-0.15, -0.1) is 0 Å². The standard InChI is InChI=1S/C15H14O6/c1-7-3-11(16)10-6-20-12-5-8(19-2)4-9(15(17)18)13(12)14(10)21-7/h4-5,7H,3,6H2,1-2H3,(H,17,18)/t7-/m0/s1. The average molecular weight is 290 g/mol. The lowest BCUT2D eigenvalue weighted by atomic mass is 9.93. The molecule has 6 heteroatoms. The first-order chi connectivity index (χ1) is 10.0. The monoisotopic (exact) mass is 290 g/mol. The van der Waals surface area contributed by atoms with Gasteiger partial charge in [0.05, 0.1) is 23.8 Å². The van der Waals surface area contributed by atoms with E-state index in [1.54, 1.807) is 13.0 Å². The van der Waals surface area contributed by atoms with Crippen LogP contribution in [0.3, 0.4) is 0 Å². The highest BCUT2D eigenvalue weighted by molar-refractivity contribution is 6.07. The van der Waals surface area contributed by atoms with E-state index >= 15 is 0 Å². The summed E-state index contributed by atoms with van der Waals surface area (Å²) >= 11 is 0. The number of benzene rings is 1. The van der Waals surface area contributed by atoms with Crippen molar-refractivity contribution in [1.82, 2.24) is 0 Å². The van der Waals surface area contributed by atoms with Crippen molar-refractivity contribution in [3.05, 3.63) is 28.8 Å². The molecule has 0 bridgehead atoms. The first-order valence-corrected chi connectivity index (χ1v) is 6.52. The molecular formula is C15H14O6. The van der Waals surface area contributed by atoms with Gasteiger partial charge in [0.15, 0.2) is 5.78 Å². The summed E-state index contributed by atoms with van der Waals surface area (Å²) < 4.78 is 16.3. The quantitative estimate of drug-likeness (QED) is 0.895. The van der Waals surface area contributed by atoms with E-state index in [0.717, 1.165) is 0 Å². The second-order valence-corrected chi connectivity index (χ2v) is 5.01. The summed E-state index contributed by atoms with van der Waals surface area (Å²) in [5.74, 6) is -0.142. The fourth-order valence-electron chi connectivity index (χ4n) is 2.56. The smallest absolute Gasteiger partial charge is 0.336 e. The van der Waals surface area contributed by atoms with Crippen LogP contribution in [0, 0.1) is 0 Å². The Bertz CT molecular complexity index is 673. The Kier molecular flexibility index (Phi) is 3.08. The number of methoxy groups -OCH3 is 1. The predicted octanol–water partition coefficient (Wildman–Crippen LogP) is 1.87. The molecule has 21 heavy (non-hydrogen) atoms. The van der Waals surface area contributed by atoms with E-state index < -0.39 is 5.97 Å². The van der Waals surface area contributed by atoms with Gasteiger partial charge < -0.3 is 19.3 Å². The van der Waals surface area contributed by atoms with Crippen LogP contribution in [0.25, 0.3) is 5.76 Å². The van der Waals surface area contributed by atoms with Gasteiger partial charge in [0.2, 0.25) is 0 Å². The summed E-state index contributed by atoms with van der Waals surface area (Å²) in [6.45, 7) is 1.86. The van der Waals surface area contributed by atoms with Crippen LogP contribution < -0.4 is 9.47 Å². The molecule has 3 rings (SSSR count). The number of rotatable bonds is 2. The van der Waals surface area contributed by atoms with Gasteiger partial charge in [-0.1, -0.05) is 0 Å². The first-order valence-electron chi connectivity index (χ1n) is 6.52. The van der Waals surface area contributed by atoms with Crippen LogP contribution in [-0.4, -0.2) is 36.7 Å². The Morgan fingerprint density at radius 2 is 2.19 bits per heavy atom. The number of fused-ring (bicyclic) bond motifs is 2. The van der Waals surface area contributed by atoms with Crippen molar-refractivity contribution in [2.45, 2.75) is 19.4 Å². The Labute approximate surface area is 120 Å². The molecule has 0 fully saturated rings. The van der Waals surface area contributed by atoms with Crippen molar-refractivity contribution in [2.75, 3.05) is 13.7 Å². The van der Waals surface area contributed by atoms with Crippen molar-refractivity contribution in [3.8, 4) is 11.5 Å². The van der Waals surface area contributed by atoms with E-state index in [1.165, 1.54) is 13.2 Å². The molecule has 0 saturated carbocycles. The van der Waals surface area contributed by atoms with E-state index in [2.05, 4.69) is 0 Å². The van der Waals surface area contributed by atoms with Crippen molar-refractivity contribution in [3.63, 3.8) is 0 Å². The number of carboxylic acids is 1. The summed E-state index contributed by atoms with van der Waals surface area (Å²) in [5.41, 5.74) is 0.705. The van der Waals surface area contributed by atoms with Gasteiger partial charge in [-0.25, -0.2) is 4.79 Å². The zero-order chi connectivity index (χ0) is 15.1. The number of Topliss-reactive ketones (excluding diaryl/α,β-unsaturated/α-hetero) is 1. The van der Waals surface area contributed by atoms with E-state index in [0.29, 0.717) is 28.4 Å². The third-order valence-corrected chi connectivity index (χ3v) is 3.54. The molecule has 1 N–H and O–H groups in total. The van der Waals surface area contributed by atoms with Crippen LogP contribution in [-0.2, 0) is 9.53 Å². The molecule has 6 nitrogen and oxygen atoms in total. The van der Waals surface area contributed by atoms with E-state index in [4.69, 9.17) is 14.2 Å². The number of aromatic carboxylic acids is 1. The van der Waals surface area contributed by atoms with Crippen molar-refractivity contribution in [2.24, 2.45) is 0 Å². The summed E-state index contributed by atoms with van der Waals surface area (Å²) in [4.78, 5) is 23.6. The van der Waals surface area contributed by atoms with Gasteiger partial charge in [-0.05, 0) is 13.0 Å². The van der Waals surface area contributed by atoms with Gasteiger partial charge in [-0.2, -0.15) is 0 Å². The molecule has 0 radical (unpaired) electrons. The van der Waals surface area contributed by atoms with Crippen molar-refractivity contribution in [1.29, 1.82) is 0 Å². The Balaban J connectivity index is 2.25. The highest BCUT2D eigenvalue weighted by Gasteiger charge is 2.35. The number of carbonyl (C=O) groups excluding carboxylic acids is 1. The molecule has 0 unspecified atom stereocenters. The number of hydrogen-bond donors (Lipinski definition) is 1. The Morgan fingerprint density at radius 3 is 2.86 bits per heavy atom. The number of ketones is 1. The van der Waals surface area contributed by atoms with Crippen LogP contribution in [0.5, 0.6) is 11.5 Å². The van der Waals surface area contributed by atoms with E-state index in [-0.39, 0.29) is 30.5 Å². The summed E-state index contributed by atoms with van der Waals surface area (Å²) in [6.07, 6.45) is -0.0123. The second kappa shape index (κ2) is 4.80. The number of carboxylic acid groups (broad SMARTS) is 1. The maximum Gasteiger partial charge on any atom is 0.336 e. The average Bonchev–Trinajstić information content (AvgIpc) is 2.45. The number of carbonyl (C=O) groups is 2. The molecule has 1 aromatic carbocycles. The van der Waals surface area contributed by atoms with Crippen molar-refractivity contribution >= 4 is 17.5 Å². The van der Waals surface area contributed by atoms with Crippen LogP contribution in [0.1, 0.15) is 29.3 Å². The normalized spacial score (nSPS) is 20.1. The molecule has 2 heterocycles. The summed E-state index contributed by atoms with van der Waals surface area (Å²) in [7, 11) is 1.45. The largest absolute Gasteiger partial charge is 0.497 e. The van der Waals surface area contributed by atoms with Gasteiger partial charge in [0.1, 0.15) is 30.0 Å². The highest BCUT2D eigenvalue weighted by Crippen LogP contribution is 2.42. The zero-order valence-electron chi connectivity index (χ0n) is 11.6. The third kappa shape index (κ3) is 2.12. The Hall–Kier alpha value is -2.50. The molecule has 0 spiro atoms. The van der Waals surface area contributed by atoms with E-state index in [9.17, 15) is 14.7 Å². The van der Waals surface area contributed by atoms with Crippen molar-refractivity contribution < 1.29 is 28.9 Å². The van der Waals surface area contributed by atoms with Crippen LogP contribution in [0.15, 0.2) is 17.7 Å². The number of ether oxygens (including phenoxy) is 3. The maximum absolute atomic E-state index is 12.1. The maximum atomic E-state index is 12.1. The van der Waals surface area contributed by atoms with Crippen LogP contribution >= 0.6 is 0 Å². The molecule has 110 valence electrons. The fraction of sp³-hybridized carbons (Fsp3) is 0.333. The lowest BCUT2D eigenvalue weighted by Gasteiger charge is -2.31. The van der Waals surface area contributed by atoms with Gasteiger partial charge >= 0.3 is 5.97 Å². The third-order valence-electron chi connectivity index (χ3n) is 3.54. The highest BCUT2D eigenvalue weighted by atomic mass is 16.5. The number of hydrogen-bond acceptors (Lipinski definition) is 5. The molecule has 2 aliphatic rings. The summed E-state index contributed by atoms with van der Waals surface area (Å²) in [6, 6.07) is 2.99. The second-order valence-electron chi connectivity index (χ2n) is 5.01. The van der Waals surface area contributed by atoms with Crippen LogP contribution in [0.4, 0.5) is 0 Å². The van der Waals surface area contributed by atoms with E-state index in [1.807, 2.05) is 0 Å². The zero-order valence-corrected chi connectivity index (χ0v) is 11.6. The predicted molar refractivity (Wildman–Crippen MR) is 72.5 cm³/mol. The first kappa shape index (κ1) is 13.5. The molecule has 0 amide bonds. The van der Waals surface area contributed by atoms with Gasteiger partial charge in [-0.3, -0.25) is 4.79 Å². The fourth-order valence-corrected chi connectivity index (χ4v) is 2.56. The SMILES string of the molecule is COc1cc2c(c(C(=O)O)c1)C1=C(CO2)C(=O)C[C@H](C)O1.